The number of unbranched alkanes of at least 4 members (excludes halogenated alkanes) is 41. The van der Waals surface area contributed by atoms with Crippen molar-refractivity contribution >= 4 is 19.7 Å². The number of esters is 1. The van der Waals surface area contributed by atoms with Crippen LogP contribution in [0.3, 0.4) is 0 Å². The van der Waals surface area contributed by atoms with Crippen molar-refractivity contribution in [2.45, 2.75) is 348 Å². The van der Waals surface area contributed by atoms with E-state index >= 15 is 0 Å². The van der Waals surface area contributed by atoms with Gasteiger partial charge in [0.2, 0.25) is 5.91 Å². The van der Waals surface area contributed by atoms with Crippen LogP contribution in [-0.4, -0.2) is 69.4 Å². The van der Waals surface area contributed by atoms with Crippen molar-refractivity contribution in [2.75, 3.05) is 40.9 Å². The Hall–Kier alpha value is -2.03. The van der Waals surface area contributed by atoms with Crippen LogP contribution in [0.25, 0.3) is 0 Å². The van der Waals surface area contributed by atoms with Gasteiger partial charge in [-0.25, -0.2) is 0 Å². The third kappa shape index (κ3) is 60.6. The molecular weight excluding hydrogens is 1010 g/mol. The van der Waals surface area contributed by atoms with Crippen molar-refractivity contribution in [3.05, 3.63) is 48.6 Å². The first-order valence-corrected chi connectivity index (χ1v) is 35.9. The lowest BCUT2D eigenvalue weighted by Crippen LogP contribution is -2.47. The van der Waals surface area contributed by atoms with E-state index in [9.17, 15) is 19.0 Å². The number of amides is 1. The van der Waals surface area contributed by atoms with Crippen molar-refractivity contribution in [1.29, 1.82) is 0 Å². The summed E-state index contributed by atoms with van der Waals surface area (Å²) in [6, 6.07) is -0.894. The molecule has 0 aromatic heterocycles. The minimum absolute atomic E-state index is 0.0234. The molecule has 0 aromatic carbocycles. The van der Waals surface area contributed by atoms with E-state index in [4.69, 9.17) is 13.8 Å². The van der Waals surface area contributed by atoms with Crippen LogP contribution in [0, 0.1) is 0 Å². The number of hydrogen-bond donors (Lipinski definition) is 1. The fourth-order valence-corrected chi connectivity index (χ4v) is 10.9. The van der Waals surface area contributed by atoms with Gasteiger partial charge in [0.25, 0.3) is 7.82 Å². The molecule has 0 aliphatic carbocycles. The van der Waals surface area contributed by atoms with Crippen molar-refractivity contribution < 1.29 is 37.3 Å². The Labute approximate surface area is 497 Å². The van der Waals surface area contributed by atoms with E-state index in [1.165, 1.54) is 225 Å². The van der Waals surface area contributed by atoms with Crippen molar-refractivity contribution in [2.24, 2.45) is 0 Å². The minimum Gasteiger partial charge on any atom is -0.756 e. The molecule has 0 aliphatic heterocycles. The van der Waals surface area contributed by atoms with Crippen LogP contribution in [0.15, 0.2) is 48.6 Å². The Morgan fingerprint density at radius 2 is 0.762 bits per heavy atom. The first-order chi connectivity index (χ1) is 38.9. The largest absolute Gasteiger partial charge is 0.756 e. The Morgan fingerprint density at radius 1 is 0.438 bits per heavy atom. The van der Waals surface area contributed by atoms with Crippen LogP contribution < -0.4 is 10.2 Å². The summed E-state index contributed by atoms with van der Waals surface area (Å²) in [6.45, 7) is 6.84. The molecule has 0 heterocycles. The standard InChI is InChI=1S/C70H133N2O7P/c1-7-10-13-16-19-22-25-28-30-31-32-33-34-35-36-37-38-39-40-41-42-45-48-51-54-57-60-63-70(74)79-68(61-58-55-52-49-46-43-27-24-21-18-15-12-9-3)67(66-78-80(75,76)77-65-64-72(4,5)6)71-69(73)62-59-56-53-50-47-44-29-26-23-20-17-14-11-8-2/h19,22,28,30,44,47,58,61,67-68H,7-18,20-21,23-27,29,31-43,45-46,48-57,59-60,62-66H2,1-6H3,(H-,71,73,75,76)/b22-19-,30-28-,47-44-,61-58-. The summed E-state index contributed by atoms with van der Waals surface area (Å²) < 4.78 is 30.4. The lowest BCUT2D eigenvalue weighted by atomic mass is 10.0. The number of nitrogens with zero attached hydrogens (tertiary/aromatic N) is 1. The molecular formula is C70H133N2O7P. The molecule has 1 N–H and O–H groups in total. The summed E-state index contributed by atoms with van der Waals surface area (Å²) in [5.74, 6) is -0.545. The van der Waals surface area contributed by atoms with Gasteiger partial charge in [-0.1, -0.05) is 282 Å². The highest BCUT2D eigenvalue weighted by molar-refractivity contribution is 7.45. The molecule has 0 fully saturated rings. The van der Waals surface area contributed by atoms with Gasteiger partial charge < -0.3 is 28.5 Å². The predicted octanol–water partition coefficient (Wildman–Crippen LogP) is 21.0. The van der Waals surface area contributed by atoms with E-state index in [-0.39, 0.29) is 24.9 Å². The number of rotatable bonds is 63. The van der Waals surface area contributed by atoms with E-state index < -0.39 is 26.6 Å². The minimum atomic E-state index is -4.70. The Bertz CT molecular complexity index is 1510. The molecule has 470 valence electrons. The zero-order valence-electron chi connectivity index (χ0n) is 53.8. The van der Waals surface area contributed by atoms with Crippen molar-refractivity contribution in [3.63, 3.8) is 0 Å². The number of allylic oxidation sites excluding steroid dienone is 7. The van der Waals surface area contributed by atoms with Crippen LogP contribution in [0.1, 0.15) is 335 Å². The lowest BCUT2D eigenvalue weighted by Gasteiger charge is -2.30. The number of nitrogens with one attached hydrogen (secondary N) is 1. The number of quaternary nitrogens is 1. The molecule has 9 nitrogen and oxygen atoms in total. The third-order valence-electron chi connectivity index (χ3n) is 15.5. The van der Waals surface area contributed by atoms with E-state index in [2.05, 4.69) is 62.5 Å². The molecule has 0 rings (SSSR count). The molecule has 0 aromatic rings. The zero-order chi connectivity index (χ0) is 58.6. The van der Waals surface area contributed by atoms with Crippen LogP contribution in [0.4, 0.5) is 0 Å². The second-order valence-electron chi connectivity index (χ2n) is 24.7. The van der Waals surface area contributed by atoms with Crippen LogP contribution in [0.2, 0.25) is 0 Å². The summed E-state index contributed by atoms with van der Waals surface area (Å²) in [5.41, 5.74) is 0. The maximum absolute atomic E-state index is 13.5. The number of phosphoric ester groups is 1. The first kappa shape index (κ1) is 78.0. The van der Waals surface area contributed by atoms with Crippen molar-refractivity contribution in [1.82, 2.24) is 5.32 Å². The summed E-state index contributed by atoms with van der Waals surface area (Å²) in [7, 11) is 1.19. The van der Waals surface area contributed by atoms with E-state index in [0.717, 1.165) is 77.0 Å². The monoisotopic (exact) mass is 1140 g/mol. The average Bonchev–Trinajstić information content (AvgIpc) is 3.42. The van der Waals surface area contributed by atoms with Gasteiger partial charge in [-0.05, 0) is 89.5 Å². The molecule has 3 unspecified atom stereocenters. The van der Waals surface area contributed by atoms with Gasteiger partial charge in [0, 0.05) is 12.8 Å². The average molecular weight is 1150 g/mol. The predicted molar refractivity (Wildman–Crippen MR) is 344 cm³/mol. The van der Waals surface area contributed by atoms with Gasteiger partial charge in [0.15, 0.2) is 0 Å². The number of hydrogen-bond acceptors (Lipinski definition) is 7. The highest BCUT2D eigenvalue weighted by Gasteiger charge is 2.27. The normalized spacial score (nSPS) is 13.8. The number of carbonyl (C=O) groups excluding carboxylic acids is 2. The number of carbonyl (C=O) groups is 2. The molecule has 0 saturated heterocycles. The molecule has 80 heavy (non-hydrogen) atoms. The number of phosphoric acid groups is 1. The molecule has 3 atom stereocenters. The van der Waals surface area contributed by atoms with Gasteiger partial charge in [0.05, 0.1) is 33.8 Å². The van der Waals surface area contributed by atoms with E-state index in [1.807, 2.05) is 33.3 Å². The molecule has 0 bridgehead atoms. The first-order valence-electron chi connectivity index (χ1n) is 34.4. The summed E-state index contributed by atoms with van der Waals surface area (Å²) in [6.07, 6.45) is 75.2. The van der Waals surface area contributed by atoms with E-state index in [1.54, 1.807) is 0 Å². The van der Waals surface area contributed by atoms with Crippen LogP contribution in [0.5, 0.6) is 0 Å². The highest BCUT2D eigenvalue weighted by atomic mass is 31.2. The summed E-state index contributed by atoms with van der Waals surface area (Å²) in [5, 5.41) is 3.03. The number of likely N-dealkylation sites (N-methyl/N-ethyl adjacent to an activating group) is 1. The second-order valence-corrected chi connectivity index (χ2v) is 26.1. The molecule has 0 aliphatic rings. The van der Waals surface area contributed by atoms with Gasteiger partial charge in [-0.3, -0.25) is 14.2 Å². The lowest BCUT2D eigenvalue weighted by molar-refractivity contribution is -0.870. The zero-order valence-corrected chi connectivity index (χ0v) is 54.7. The molecule has 0 spiro atoms. The molecule has 0 radical (unpaired) electrons. The van der Waals surface area contributed by atoms with Gasteiger partial charge in [-0.2, -0.15) is 0 Å². The topological polar surface area (TPSA) is 114 Å². The van der Waals surface area contributed by atoms with Gasteiger partial charge in [-0.15, -0.1) is 0 Å². The summed E-state index contributed by atoms with van der Waals surface area (Å²) in [4.78, 5) is 40.1. The fraction of sp³-hybridized carbons (Fsp3) is 0.857. The summed E-state index contributed by atoms with van der Waals surface area (Å²) >= 11 is 0. The maximum atomic E-state index is 13.5. The maximum Gasteiger partial charge on any atom is 0.306 e. The molecule has 1 amide bonds. The highest BCUT2D eigenvalue weighted by Crippen LogP contribution is 2.38. The smallest absolute Gasteiger partial charge is 0.306 e. The Morgan fingerprint density at radius 3 is 1.18 bits per heavy atom. The molecule has 0 saturated carbocycles. The quantitative estimate of drug-likeness (QED) is 0.0212. The molecule has 10 heteroatoms. The Balaban J connectivity index is 5.02. The van der Waals surface area contributed by atoms with Crippen molar-refractivity contribution in [3.8, 4) is 0 Å². The number of ether oxygens (including phenoxy) is 1. The second kappa shape index (κ2) is 60.1. The SMILES string of the molecule is CCCCC/C=C\C/C=C\CCCCCCCCCCCCCCCCCCCC(=O)OC(/C=C\CCCCCCCCCCCCC)C(COP(=O)([O-])OCC[N+](C)(C)C)NC(=O)CCCCC/C=C\CCCCCCCCC. The third-order valence-corrected chi connectivity index (χ3v) is 16.4. The van der Waals surface area contributed by atoms with Gasteiger partial charge in [0.1, 0.15) is 19.3 Å². The van der Waals surface area contributed by atoms with E-state index in [0.29, 0.717) is 17.4 Å². The Kier molecular flexibility index (Phi) is 58.6. The van der Waals surface area contributed by atoms with Crippen LogP contribution in [-0.2, 0) is 27.9 Å². The van der Waals surface area contributed by atoms with Gasteiger partial charge >= 0.3 is 5.97 Å². The van der Waals surface area contributed by atoms with Crippen LogP contribution >= 0.6 is 7.82 Å². The fourth-order valence-electron chi connectivity index (χ4n) is 10.1.